The van der Waals surface area contributed by atoms with E-state index in [2.05, 4.69) is 13.8 Å². The summed E-state index contributed by atoms with van der Waals surface area (Å²) in [4.78, 5) is 24.5. The van der Waals surface area contributed by atoms with Crippen LogP contribution in [0, 0.1) is 40.4 Å². The Bertz CT molecular complexity index is 746. The molecule has 10 atom stereocenters. The molecule has 4 fully saturated rings. The highest BCUT2D eigenvalue weighted by Gasteiger charge is 2.66. The van der Waals surface area contributed by atoms with E-state index in [1.54, 1.807) is 6.92 Å². The summed E-state index contributed by atoms with van der Waals surface area (Å²) in [5, 5.41) is 22.1. The average Bonchev–Trinajstić information content (AvgIpc) is 2.99. The quantitative estimate of drug-likeness (QED) is 0.517. The second-order valence-electron chi connectivity index (χ2n) is 11.3. The molecule has 5 heteroatoms. The molecule has 0 bridgehead atoms. The average molecular weight is 433 g/mol. The molecule has 0 radical (unpaired) electrons. The highest BCUT2D eigenvalue weighted by atomic mass is 16.5. The molecule has 2 N–H and O–H groups in total. The minimum Gasteiger partial charge on any atom is -0.462 e. The second-order valence-corrected chi connectivity index (χ2v) is 11.3. The van der Waals surface area contributed by atoms with Crippen LogP contribution in [-0.2, 0) is 14.3 Å². The molecule has 0 aromatic carbocycles. The molecule has 0 amide bonds. The van der Waals surface area contributed by atoms with E-state index >= 15 is 0 Å². The molecule has 4 rings (SSSR count). The molecular formula is C26H40O5. The minimum atomic E-state index is -0.640. The molecular weight excluding hydrogens is 392 g/mol. The van der Waals surface area contributed by atoms with E-state index in [1.165, 1.54) is 0 Å². The highest BCUT2D eigenvalue weighted by Crippen LogP contribution is 2.67. The first-order valence-electron chi connectivity index (χ1n) is 12.3. The van der Waals surface area contributed by atoms with Gasteiger partial charge in [-0.2, -0.15) is 0 Å². The molecule has 5 nitrogen and oxygen atoms in total. The van der Waals surface area contributed by atoms with Crippen LogP contribution in [0.3, 0.4) is 0 Å². The van der Waals surface area contributed by atoms with Crippen LogP contribution < -0.4 is 0 Å². The van der Waals surface area contributed by atoms with Crippen molar-refractivity contribution >= 4 is 11.8 Å². The lowest BCUT2D eigenvalue weighted by molar-refractivity contribution is -0.181. The van der Waals surface area contributed by atoms with E-state index in [4.69, 9.17) is 4.74 Å². The van der Waals surface area contributed by atoms with Crippen molar-refractivity contribution in [1.82, 2.24) is 0 Å². The predicted molar refractivity (Wildman–Crippen MR) is 118 cm³/mol. The number of esters is 1. The standard InChI is InChI=1S/C26H40O5/c1-5-6-7-23(30)31-17-10-11-25(3)16(12-17)8-9-18-19(25)14-22(29)26(4)20(18)13-21(28)24(26)15(2)27/h5-6,16-22,24,28-29H,7-14H2,1-4H3/b6-5+/t16-,17-,18+,19-,20-,21-,22+,24-,25-,26+/m0/s1. The molecule has 31 heavy (non-hydrogen) atoms. The van der Waals surface area contributed by atoms with Gasteiger partial charge in [0.1, 0.15) is 11.9 Å². The van der Waals surface area contributed by atoms with Crippen molar-refractivity contribution in [2.45, 2.75) is 97.4 Å². The molecule has 0 aliphatic heterocycles. The molecule has 0 spiro atoms. The summed E-state index contributed by atoms with van der Waals surface area (Å²) in [5.41, 5.74) is -0.397. The van der Waals surface area contributed by atoms with E-state index in [0.29, 0.717) is 37.0 Å². The fourth-order valence-electron chi connectivity index (χ4n) is 8.47. The van der Waals surface area contributed by atoms with Crippen molar-refractivity contribution < 1.29 is 24.5 Å². The summed E-state index contributed by atoms with van der Waals surface area (Å²) >= 11 is 0. The number of fused-ring (bicyclic) bond motifs is 5. The molecule has 174 valence electrons. The SMILES string of the molecule is C/C=C/CC(=O)O[C@H]1CC[C@@]2(C)[C@@H](CC[C@@H]3[C@@H]2C[C@@H](O)[C@@]2(C)[C@H]3C[C@H](O)[C@@H]2C(C)=O)C1. The number of carbonyl (C=O) groups excluding carboxylic acids is 2. The highest BCUT2D eigenvalue weighted by molar-refractivity contribution is 5.80. The van der Waals surface area contributed by atoms with Gasteiger partial charge >= 0.3 is 5.97 Å². The fraction of sp³-hybridized carbons (Fsp3) is 0.846. The van der Waals surface area contributed by atoms with E-state index in [-0.39, 0.29) is 29.2 Å². The van der Waals surface area contributed by atoms with Gasteiger partial charge in [-0.25, -0.2) is 0 Å². The Labute approximate surface area is 186 Å². The molecule has 0 unspecified atom stereocenters. The number of carbonyl (C=O) groups is 2. The third-order valence-electron chi connectivity index (χ3n) is 10.0. The number of aliphatic hydroxyl groups is 2. The summed E-state index contributed by atoms with van der Waals surface area (Å²) in [6, 6.07) is 0. The van der Waals surface area contributed by atoms with Crippen molar-refractivity contribution in [3.05, 3.63) is 12.2 Å². The van der Waals surface area contributed by atoms with Gasteiger partial charge in [-0.3, -0.25) is 9.59 Å². The summed E-state index contributed by atoms with van der Waals surface area (Å²) in [6.07, 6.45) is 9.19. The van der Waals surface area contributed by atoms with Gasteiger partial charge in [0.15, 0.2) is 0 Å². The number of rotatable bonds is 4. The third-order valence-corrected chi connectivity index (χ3v) is 10.0. The third kappa shape index (κ3) is 3.60. The normalized spacial score (nSPS) is 49.2. The van der Waals surface area contributed by atoms with Crippen LogP contribution in [-0.4, -0.2) is 40.3 Å². The van der Waals surface area contributed by atoms with Gasteiger partial charge in [0.05, 0.1) is 24.5 Å². The Balaban J connectivity index is 1.51. The first-order valence-corrected chi connectivity index (χ1v) is 12.3. The van der Waals surface area contributed by atoms with Crippen LogP contribution >= 0.6 is 0 Å². The van der Waals surface area contributed by atoms with Gasteiger partial charge in [-0.1, -0.05) is 26.0 Å². The zero-order chi connectivity index (χ0) is 22.6. The molecule has 0 heterocycles. The van der Waals surface area contributed by atoms with Gasteiger partial charge in [0.25, 0.3) is 0 Å². The van der Waals surface area contributed by atoms with Crippen LogP contribution in [0.2, 0.25) is 0 Å². The van der Waals surface area contributed by atoms with E-state index in [0.717, 1.165) is 32.1 Å². The van der Waals surface area contributed by atoms with Crippen molar-refractivity contribution in [3.8, 4) is 0 Å². The monoisotopic (exact) mass is 432 g/mol. The lowest BCUT2D eigenvalue weighted by Gasteiger charge is -2.62. The maximum Gasteiger partial charge on any atom is 0.309 e. The first kappa shape index (κ1) is 23.0. The van der Waals surface area contributed by atoms with Gasteiger partial charge in [-0.15, -0.1) is 0 Å². The van der Waals surface area contributed by atoms with Crippen LogP contribution in [0.25, 0.3) is 0 Å². The Morgan fingerprint density at radius 1 is 1.06 bits per heavy atom. The molecule has 0 aromatic heterocycles. The zero-order valence-corrected chi connectivity index (χ0v) is 19.5. The topological polar surface area (TPSA) is 83.8 Å². The molecule has 0 aromatic rings. The molecule has 0 saturated heterocycles. The number of hydrogen-bond donors (Lipinski definition) is 2. The summed E-state index contributed by atoms with van der Waals surface area (Å²) in [5.74, 6) is 0.952. The minimum absolute atomic E-state index is 0.00144. The summed E-state index contributed by atoms with van der Waals surface area (Å²) in [7, 11) is 0. The van der Waals surface area contributed by atoms with Gasteiger partial charge < -0.3 is 14.9 Å². The maximum atomic E-state index is 12.4. The molecule has 4 aliphatic carbocycles. The van der Waals surface area contributed by atoms with Crippen LogP contribution in [0.15, 0.2) is 12.2 Å². The Kier molecular flexibility index (Phi) is 6.15. The fourth-order valence-corrected chi connectivity index (χ4v) is 8.47. The summed E-state index contributed by atoms with van der Waals surface area (Å²) < 4.78 is 5.77. The number of ketones is 1. The number of allylic oxidation sites excluding steroid dienone is 1. The number of Topliss-reactive ketones (excluding diaryl/α,β-unsaturated/α-hetero) is 1. The number of aliphatic hydroxyl groups excluding tert-OH is 2. The van der Waals surface area contributed by atoms with E-state index in [9.17, 15) is 19.8 Å². The van der Waals surface area contributed by atoms with Crippen molar-refractivity contribution in [3.63, 3.8) is 0 Å². The van der Waals surface area contributed by atoms with Gasteiger partial charge in [0.2, 0.25) is 0 Å². The Morgan fingerprint density at radius 3 is 2.48 bits per heavy atom. The second kappa shape index (κ2) is 8.30. The van der Waals surface area contributed by atoms with Gasteiger partial charge in [0, 0.05) is 5.41 Å². The Hall–Kier alpha value is -1.20. The van der Waals surface area contributed by atoms with Crippen LogP contribution in [0.1, 0.15) is 79.1 Å². The largest absolute Gasteiger partial charge is 0.462 e. The van der Waals surface area contributed by atoms with Crippen molar-refractivity contribution in [1.29, 1.82) is 0 Å². The number of ether oxygens (including phenoxy) is 1. The van der Waals surface area contributed by atoms with Gasteiger partial charge in [-0.05, 0) is 87.9 Å². The maximum absolute atomic E-state index is 12.4. The number of hydrogen-bond acceptors (Lipinski definition) is 5. The van der Waals surface area contributed by atoms with Crippen LogP contribution in [0.4, 0.5) is 0 Å². The van der Waals surface area contributed by atoms with Crippen LogP contribution in [0.5, 0.6) is 0 Å². The molecule has 4 saturated carbocycles. The van der Waals surface area contributed by atoms with E-state index < -0.39 is 23.5 Å². The smallest absolute Gasteiger partial charge is 0.309 e. The lowest BCUT2D eigenvalue weighted by Crippen LogP contribution is -2.59. The Morgan fingerprint density at radius 2 is 1.81 bits per heavy atom. The lowest BCUT2D eigenvalue weighted by atomic mass is 9.44. The van der Waals surface area contributed by atoms with Crippen molar-refractivity contribution in [2.75, 3.05) is 0 Å². The zero-order valence-electron chi connectivity index (χ0n) is 19.5. The van der Waals surface area contributed by atoms with Crippen molar-refractivity contribution in [2.24, 2.45) is 40.4 Å². The molecule has 4 aliphatic rings. The summed E-state index contributed by atoms with van der Waals surface area (Å²) in [6.45, 7) is 7.91. The first-order chi connectivity index (χ1) is 14.6. The van der Waals surface area contributed by atoms with E-state index in [1.807, 2.05) is 19.1 Å². The predicted octanol–water partition coefficient (Wildman–Crippen LogP) is 4.05.